The number of nitrogens with one attached hydrogen (secondary N) is 1. The summed E-state index contributed by atoms with van der Waals surface area (Å²) in [4.78, 5) is 22.0. The van der Waals surface area contributed by atoms with E-state index in [1.807, 2.05) is 24.0 Å². The maximum Gasteiger partial charge on any atom is 0.281 e. The number of halogens is 1. The summed E-state index contributed by atoms with van der Waals surface area (Å²) in [6.07, 6.45) is 6.70. The van der Waals surface area contributed by atoms with Crippen molar-refractivity contribution in [2.75, 3.05) is 36.0 Å². The minimum absolute atomic E-state index is 0.205. The molecule has 42 heavy (non-hydrogen) atoms. The lowest BCUT2D eigenvalue weighted by Crippen LogP contribution is -2.47. The molecular weight excluding hydrogens is 555 g/mol. The van der Waals surface area contributed by atoms with E-state index in [0.29, 0.717) is 56.5 Å². The molecule has 0 atom stereocenters. The quantitative estimate of drug-likeness (QED) is 0.379. The molecule has 0 spiro atoms. The number of para-hydroxylation sites is 1. The van der Waals surface area contributed by atoms with Gasteiger partial charge in [0.25, 0.3) is 15.9 Å². The Hall–Kier alpha value is -3.66. The molecule has 1 saturated heterocycles. The Kier molecular flexibility index (Phi) is 7.83. The van der Waals surface area contributed by atoms with Crippen LogP contribution in [0.5, 0.6) is 5.75 Å². The van der Waals surface area contributed by atoms with Crippen LogP contribution in [0.25, 0.3) is 0 Å². The number of piperazine rings is 1. The zero-order valence-corrected chi connectivity index (χ0v) is 24.7. The second-order valence-electron chi connectivity index (χ2n) is 11.6. The summed E-state index contributed by atoms with van der Waals surface area (Å²) in [6, 6.07) is 17.3. The maximum absolute atomic E-state index is 13.4. The number of anilines is 2. The van der Waals surface area contributed by atoms with Crippen molar-refractivity contribution in [1.29, 1.82) is 0 Å². The van der Waals surface area contributed by atoms with Gasteiger partial charge in [-0.3, -0.25) is 4.79 Å². The number of aryl methyl sites for hydroxylation is 1. The standard InChI is InChI=1S/C32H37FN4O4S/c1-23-7-5-10-27(24-8-3-2-4-9-24)30(23)41-32(17-18-32)31(38)35-42(39,40)29-12-6-11-28(34-29)37-21-19-36(20-22-37)26-15-13-25(33)14-16-26/h5-7,10-16,24H,2-4,8-9,17-22H2,1H3,(H,35,38). The number of rotatable bonds is 8. The Morgan fingerprint density at radius 1 is 0.929 bits per heavy atom. The molecule has 2 saturated carbocycles. The molecule has 0 radical (unpaired) electrons. The second kappa shape index (κ2) is 11.6. The molecule has 1 aliphatic heterocycles. The Labute approximate surface area is 246 Å². The molecule has 10 heteroatoms. The van der Waals surface area contributed by atoms with Crippen LogP contribution >= 0.6 is 0 Å². The van der Waals surface area contributed by atoms with Crippen molar-refractivity contribution < 1.29 is 22.3 Å². The number of hydrogen-bond acceptors (Lipinski definition) is 7. The molecule has 3 aliphatic rings. The van der Waals surface area contributed by atoms with Crippen LogP contribution in [0.2, 0.25) is 0 Å². The van der Waals surface area contributed by atoms with E-state index in [2.05, 4.69) is 20.7 Å². The van der Waals surface area contributed by atoms with Crippen molar-refractivity contribution in [3.63, 3.8) is 0 Å². The van der Waals surface area contributed by atoms with Crippen LogP contribution in [0.3, 0.4) is 0 Å². The summed E-state index contributed by atoms with van der Waals surface area (Å²) >= 11 is 0. The number of aromatic nitrogens is 1. The van der Waals surface area contributed by atoms with E-state index >= 15 is 0 Å². The lowest BCUT2D eigenvalue weighted by atomic mass is 9.83. The van der Waals surface area contributed by atoms with Crippen LogP contribution in [0.1, 0.15) is 62.0 Å². The third kappa shape index (κ3) is 5.95. The molecule has 1 aromatic heterocycles. The Morgan fingerprint density at radius 3 is 2.29 bits per heavy atom. The molecule has 0 bridgehead atoms. The first-order chi connectivity index (χ1) is 20.2. The van der Waals surface area contributed by atoms with Gasteiger partial charge in [-0.25, -0.2) is 14.1 Å². The van der Waals surface area contributed by atoms with Gasteiger partial charge in [-0.1, -0.05) is 43.5 Å². The van der Waals surface area contributed by atoms with E-state index in [-0.39, 0.29) is 10.8 Å². The Morgan fingerprint density at radius 2 is 1.60 bits per heavy atom. The van der Waals surface area contributed by atoms with Gasteiger partial charge in [-0.2, -0.15) is 8.42 Å². The predicted octanol–water partition coefficient (Wildman–Crippen LogP) is 5.32. The normalized spacial score (nSPS) is 18.9. The smallest absolute Gasteiger partial charge is 0.281 e. The Bertz CT molecular complexity index is 1540. The molecular formula is C32H37FN4O4S. The van der Waals surface area contributed by atoms with Crippen molar-refractivity contribution in [3.05, 3.63) is 77.6 Å². The van der Waals surface area contributed by atoms with E-state index < -0.39 is 21.5 Å². The average molecular weight is 593 g/mol. The van der Waals surface area contributed by atoms with Crippen molar-refractivity contribution in [3.8, 4) is 5.75 Å². The van der Waals surface area contributed by atoms with Gasteiger partial charge in [0.15, 0.2) is 10.6 Å². The lowest BCUT2D eigenvalue weighted by molar-refractivity contribution is -0.128. The fraction of sp³-hybridized carbons (Fsp3) is 0.438. The zero-order valence-electron chi connectivity index (χ0n) is 23.9. The van der Waals surface area contributed by atoms with Gasteiger partial charge in [-0.05, 0) is 73.2 Å². The number of ether oxygens (including phenoxy) is 1. The predicted molar refractivity (Wildman–Crippen MR) is 160 cm³/mol. The van der Waals surface area contributed by atoms with Gasteiger partial charge < -0.3 is 14.5 Å². The lowest BCUT2D eigenvalue weighted by Gasteiger charge is -2.36. The number of carbonyl (C=O) groups excluding carboxylic acids is 1. The number of benzene rings is 2. The highest BCUT2D eigenvalue weighted by atomic mass is 32.2. The van der Waals surface area contributed by atoms with Crippen LogP contribution in [-0.2, 0) is 14.8 Å². The van der Waals surface area contributed by atoms with E-state index in [4.69, 9.17) is 4.74 Å². The van der Waals surface area contributed by atoms with Gasteiger partial charge in [-0.15, -0.1) is 0 Å². The summed E-state index contributed by atoms with van der Waals surface area (Å²) in [5.74, 6) is 0.708. The number of sulfonamides is 1. The average Bonchev–Trinajstić information content (AvgIpc) is 3.80. The third-order valence-corrected chi connectivity index (χ3v) is 9.94. The largest absolute Gasteiger partial charge is 0.477 e. The zero-order chi connectivity index (χ0) is 29.3. The van der Waals surface area contributed by atoms with E-state index in [1.54, 1.807) is 24.3 Å². The fourth-order valence-corrected chi connectivity index (χ4v) is 7.08. The molecule has 8 nitrogen and oxygen atoms in total. The minimum Gasteiger partial charge on any atom is -0.477 e. The van der Waals surface area contributed by atoms with E-state index in [9.17, 15) is 17.6 Å². The van der Waals surface area contributed by atoms with E-state index in [0.717, 1.165) is 29.7 Å². The highest BCUT2D eigenvalue weighted by Gasteiger charge is 2.54. The first-order valence-electron chi connectivity index (χ1n) is 14.8. The SMILES string of the molecule is Cc1cccc(C2CCCCC2)c1OC1(C(=O)NS(=O)(=O)c2cccc(N3CCN(c4ccc(F)cc4)CC3)n2)CC1. The molecule has 2 aromatic carbocycles. The summed E-state index contributed by atoms with van der Waals surface area (Å²) < 4.78 is 48.7. The Balaban J connectivity index is 1.13. The number of carbonyl (C=O) groups is 1. The van der Waals surface area contributed by atoms with Crippen LogP contribution in [0, 0.1) is 12.7 Å². The number of pyridine rings is 1. The topological polar surface area (TPSA) is 91.8 Å². The summed E-state index contributed by atoms with van der Waals surface area (Å²) in [6.45, 7) is 4.58. The summed E-state index contributed by atoms with van der Waals surface area (Å²) in [5.41, 5.74) is 1.81. The van der Waals surface area contributed by atoms with Crippen molar-refractivity contribution in [2.45, 2.75) is 68.4 Å². The first kappa shape index (κ1) is 28.5. The summed E-state index contributed by atoms with van der Waals surface area (Å²) in [5, 5.41) is -0.205. The molecule has 0 unspecified atom stereocenters. The van der Waals surface area contributed by atoms with Crippen molar-refractivity contribution in [1.82, 2.24) is 9.71 Å². The highest BCUT2D eigenvalue weighted by Crippen LogP contribution is 2.46. The van der Waals surface area contributed by atoms with E-state index in [1.165, 1.54) is 37.5 Å². The van der Waals surface area contributed by atoms with Gasteiger partial charge >= 0.3 is 0 Å². The molecule has 3 fully saturated rings. The van der Waals surface area contributed by atoms with Gasteiger partial charge in [0.05, 0.1) is 0 Å². The van der Waals surface area contributed by atoms with Crippen LogP contribution in [0.15, 0.2) is 65.7 Å². The van der Waals surface area contributed by atoms with Crippen molar-refractivity contribution in [2.24, 2.45) is 0 Å². The van der Waals surface area contributed by atoms with Gasteiger partial charge in [0.2, 0.25) is 0 Å². The van der Waals surface area contributed by atoms with Crippen molar-refractivity contribution >= 4 is 27.4 Å². The number of amides is 1. The number of hydrogen-bond donors (Lipinski definition) is 1. The molecule has 3 aromatic rings. The third-order valence-electron chi connectivity index (χ3n) is 8.71. The minimum atomic E-state index is -4.22. The molecule has 6 rings (SSSR count). The molecule has 2 aliphatic carbocycles. The first-order valence-corrected chi connectivity index (χ1v) is 16.3. The maximum atomic E-state index is 13.4. The second-order valence-corrected chi connectivity index (χ2v) is 13.3. The van der Waals surface area contributed by atoms with Gasteiger partial charge in [0, 0.05) is 44.7 Å². The molecule has 1 amide bonds. The fourth-order valence-electron chi connectivity index (χ4n) is 6.08. The highest BCUT2D eigenvalue weighted by molar-refractivity contribution is 7.90. The molecule has 2 heterocycles. The molecule has 1 N–H and O–H groups in total. The van der Waals surface area contributed by atoms with Crippen LogP contribution < -0.4 is 19.3 Å². The summed E-state index contributed by atoms with van der Waals surface area (Å²) in [7, 11) is -4.22. The van der Waals surface area contributed by atoms with Crippen LogP contribution in [0.4, 0.5) is 15.9 Å². The van der Waals surface area contributed by atoms with Gasteiger partial charge in [0.1, 0.15) is 17.4 Å². The number of nitrogens with zero attached hydrogens (tertiary/aromatic N) is 3. The molecule has 222 valence electrons. The van der Waals surface area contributed by atoms with Crippen LogP contribution in [-0.4, -0.2) is 51.1 Å². The monoisotopic (exact) mass is 592 g/mol.